The van der Waals surface area contributed by atoms with Gasteiger partial charge in [-0.05, 0) is 18.2 Å². The number of hydrogen-bond acceptors (Lipinski definition) is 6. The zero-order valence-electron chi connectivity index (χ0n) is 14.4. The highest BCUT2D eigenvalue weighted by molar-refractivity contribution is 6.08. The van der Waals surface area contributed by atoms with Crippen molar-refractivity contribution in [3.05, 3.63) is 59.4 Å². The van der Waals surface area contributed by atoms with E-state index in [0.29, 0.717) is 18.8 Å². The summed E-state index contributed by atoms with van der Waals surface area (Å²) in [6, 6.07) is 7.89. The topological polar surface area (TPSA) is 107 Å². The first kappa shape index (κ1) is 19.1. The quantitative estimate of drug-likeness (QED) is 0.574. The Labute approximate surface area is 150 Å². The van der Waals surface area contributed by atoms with Crippen LogP contribution in [-0.4, -0.2) is 50.1 Å². The number of pyridine rings is 1. The van der Waals surface area contributed by atoms with Crippen LogP contribution in [0.5, 0.6) is 0 Å². The SMILES string of the molecule is COCCNC(=O)c1cncc(C(=O)Nc2ccccc2C(=O)OC)c1. The van der Waals surface area contributed by atoms with Crippen LogP contribution in [0.25, 0.3) is 0 Å². The highest BCUT2D eigenvalue weighted by Gasteiger charge is 2.16. The molecule has 0 fully saturated rings. The van der Waals surface area contributed by atoms with Crippen LogP contribution in [0.15, 0.2) is 42.7 Å². The smallest absolute Gasteiger partial charge is 0.339 e. The van der Waals surface area contributed by atoms with Gasteiger partial charge in [0.1, 0.15) is 0 Å². The minimum Gasteiger partial charge on any atom is -0.465 e. The number of hydrogen-bond donors (Lipinski definition) is 2. The Kier molecular flexibility index (Phi) is 6.81. The maximum absolute atomic E-state index is 12.5. The average molecular weight is 357 g/mol. The lowest BCUT2D eigenvalue weighted by Gasteiger charge is -2.10. The summed E-state index contributed by atoms with van der Waals surface area (Å²) in [7, 11) is 2.79. The molecule has 136 valence electrons. The molecule has 0 unspecified atom stereocenters. The van der Waals surface area contributed by atoms with Crippen molar-refractivity contribution in [2.75, 3.05) is 32.7 Å². The van der Waals surface area contributed by atoms with Crippen molar-refractivity contribution < 1.29 is 23.9 Å². The zero-order valence-corrected chi connectivity index (χ0v) is 14.4. The van der Waals surface area contributed by atoms with Gasteiger partial charge in [-0.3, -0.25) is 14.6 Å². The van der Waals surface area contributed by atoms with Crippen molar-refractivity contribution >= 4 is 23.5 Å². The van der Waals surface area contributed by atoms with Crippen LogP contribution in [0.2, 0.25) is 0 Å². The van der Waals surface area contributed by atoms with Crippen molar-refractivity contribution in [2.24, 2.45) is 0 Å². The largest absolute Gasteiger partial charge is 0.465 e. The first-order valence-corrected chi connectivity index (χ1v) is 7.77. The van der Waals surface area contributed by atoms with Gasteiger partial charge in [0.15, 0.2) is 0 Å². The van der Waals surface area contributed by atoms with Crippen molar-refractivity contribution in [2.45, 2.75) is 0 Å². The van der Waals surface area contributed by atoms with E-state index in [4.69, 9.17) is 9.47 Å². The molecule has 1 aromatic carbocycles. The van der Waals surface area contributed by atoms with Crippen molar-refractivity contribution in [1.82, 2.24) is 10.3 Å². The molecule has 2 aromatic rings. The number of nitrogens with one attached hydrogen (secondary N) is 2. The third-order valence-electron chi connectivity index (χ3n) is 3.43. The highest BCUT2D eigenvalue weighted by Crippen LogP contribution is 2.17. The number of rotatable bonds is 7. The number of ether oxygens (including phenoxy) is 2. The molecule has 2 amide bonds. The van der Waals surface area contributed by atoms with Gasteiger partial charge < -0.3 is 20.1 Å². The minimum absolute atomic E-state index is 0.184. The predicted molar refractivity (Wildman–Crippen MR) is 94.2 cm³/mol. The van der Waals surface area contributed by atoms with Crippen LogP contribution in [-0.2, 0) is 9.47 Å². The van der Waals surface area contributed by atoms with Gasteiger partial charge >= 0.3 is 5.97 Å². The fourth-order valence-corrected chi connectivity index (χ4v) is 2.13. The molecule has 8 nitrogen and oxygen atoms in total. The molecular weight excluding hydrogens is 338 g/mol. The molecule has 0 atom stereocenters. The van der Waals surface area contributed by atoms with Crippen molar-refractivity contribution in [1.29, 1.82) is 0 Å². The molecule has 2 rings (SSSR count). The molecule has 0 saturated heterocycles. The Hall–Kier alpha value is -3.26. The predicted octanol–water partition coefficient (Wildman–Crippen LogP) is 1.50. The Morgan fingerprint density at radius 2 is 1.73 bits per heavy atom. The summed E-state index contributed by atoms with van der Waals surface area (Å²) >= 11 is 0. The Bertz CT molecular complexity index is 807. The summed E-state index contributed by atoms with van der Waals surface area (Å²) in [5.74, 6) is -1.43. The maximum Gasteiger partial charge on any atom is 0.339 e. The Balaban J connectivity index is 2.15. The van der Waals surface area contributed by atoms with Crippen LogP contribution < -0.4 is 10.6 Å². The van der Waals surface area contributed by atoms with Crippen LogP contribution in [0, 0.1) is 0 Å². The second kappa shape index (κ2) is 9.28. The standard InChI is InChI=1S/C18H19N3O5/c1-25-8-7-20-16(22)12-9-13(11-19-10-12)17(23)21-15-6-4-3-5-14(15)18(24)26-2/h3-6,9-11H,7-8H2,1-2H3,(H,20,22)(H,21,23). The van der Waals surface area contributed by atoms with Gasteiger partial charge in [-0.1, -0.05) is 12.1 Å². The summed E-state index contributed by atoms with van der Waals surface area (Å²) in [4.78, 5) is 40.2. The first-order chi connectivity index (χ1) is 12.6. The van der Waals surface area contributed by atoms with Crippen molar-refractivity contribution in [3.63, 3.8) is 0 Å². The second-order valence-electron chi connectivity index (χ2n) is 5.20. The number of aromatic nitrogens is 1. The number of para-hydroxylation sites is 1. The molecule has 0 aliphatic heterocycles. The lowest BCUT2D eigenvalue weighted by atomic mass is 10.1. The van der Waals surface area contributed by atoms with Crippen LogP contribution >= 0.6 is 0 Å². The lowest BCUT2D eigenvalue weighted by Crippen LogP contribution is -2.27. The van der Waals surface area contributed by atoms with E-state index in [-0.39, 0.29) is 22.6 Å². The highest BCUT2D eigenvalue weighted by atomic mass is 16.5. The molecule has 26 heavy (non-hydrogen) atoms. The first-order valence-electron chi connectivity index (χ1n) is 7.77. The molecule has 1 aromatic heterocycles. The fourth-order valence-electron chi connectivity index (χ4n) is 2.13. The van der Waals surface area contributed by atoms with E-state index in [0.717, 1.165) is 0 Å². The van der Waals surface area contributed by atoms with E-state index in [1.165, 1.54) is 32.7 Å². The van der Waals surface area contributed by atoms with Gasteiger partial charge in [0.25, 0.3) is 11.8 Å². The zero-order chi connectivity index (χ0) is 18.9. The normalized spacial score (nSPS) is 10.1. The minimum atomic E-state index is -0.565. The number of nitrogens with zero attached hydrogens (tertiary/aromatic N) is 1. The van der Waals surface area contributed by atoms with Gasteiger partial charge in [0.05, 0.1) is 36.1 Å². The van der Waals surface area contributed by atoms with E-state index in [1.807, 2.05) is 0 Å². The Morgan fingerprint density at radius 1 is 1.04 bits per heavy atom. The van der Waals surface area contributed by atoms with Gasteiger partial charge in [-0.25, -0.2) is 4.79 Å². The average Bonchev–Trinajstić information content (AvgIpc) is 2.68. The van der Waals surface area contributed by atoms with Crippen LogP contribution in [0.1, 0.15) is 31.1 Å². The molecular formula is C18H19N3O5. The molecule has 0 saturated carbocycles. The van der Waals surface area contributed by atoms with Gasteiger partial charge in [-0.15, -0.1) is 0 Å². The number of amides is 2. The number of carbonyl (C=O) groups is 3. The van der Waals surface area contributed by atoms with Crippen LogP contribution in [0.4, 0.5) is 5.69 Å². The summed E-state index contributed by atoms with van der Waals surface area (Å²) in [6.07, 6.45) is 2.70. The monoisotopic (exact) mass is 357 g/mol. The summed E-state index contributed by atoms with van der Waals surface area (Å²) in [6.45, 7) is 0.724. The molecule has 0 spiro atoms. The van der Waals surface area contributed by atoms with Crippen molar-refractivity contribution in [3.8, 4) is 0 Å². The van der Waals surface area contributed by atoms with Gasteiger partial charge in [0.2, 0.25) is 0 Å². The third-order valence-corrected chi connectivity index (χ3v) is 3.43. The third kappa shape index (κ3) is 4.87. The number of carbonyl (C=O) groups excluding carboxylic acids is 3. The fraction of sp³-hybridized carbons (Fsp3) is 0.222. The van der Waals surface area contributed by atoms with E-state index >= 15 is 0 Å². The molecule has 2 N–H and O–H groups in total. The molecule has 0 radical (unpaired) electrons. The molecule has 0 aliphatic rings. The van der Waals surface area contributed by atoms with E-state index in [9.17, 15) is 14.4 Å². The lowest BCUT2D eigenvalue weighted by molar-refractivity contribution is 0.0601. The summed E-state index contributed by atoms with van der Waals surface area (Å²) in [5, 5.41) is 5.28. The molecule has 0 aliphatic carbocycles. The van der Waals surface area contributed by atoms with Gasteiger partial charge in [-0.2, -0.15) is 0 Å². The maximum atomic E-state index is 12.5. The van der Waals surface area contributed by atoms with Crippen LogP contribution in [0.3, 0.4) is 0 Å². The molecule has 8 heteroatoms. The number of anilines is 1. The second-order valence-corrected chi connectivity index (χ2v) is 5.20. The number of esters is 1. The van der Waals surface area contributed by atoms with E-state index in [1.54, 1.807) is 24.3 Å². The number of methoxy groups -OCH3 is 2. The molecule has 1 heterocycles. The van der Waals surface area contributed by atoms with E-state index < -0.39 is 11.9 Å². The van der Waals surface area contributed by atoms with E-state index in [2.05, 4.69) is 15.6 Å². The number of benzene rings is 1. The van der Waals surface area contributed by atoms with Gasteiger partial charge in [0, 0.05) is 26.0 Å². The summed E-state index contributed by atoms with van der Waals surface area (Å²) in [5.41, 5.74) is 0.961. The molecule has 0 bridgehead atoms. The summed E-state index contributed by atoms with van der Waals surface area (Å²) < 4.78 is 9.56. The Morgan fingerprint density at radius 3 is 2.42 bits per heavy atom.